The largest absolute Gasteiger partial charge is 0.305 e. The lowest BCUT2D eigenvalue weighted by Gasteiger charge is -2.06. The SMILES string of the molecule is CC(C)c1cc(NC(=O)c2ccc([S@@](=O)C(C)C)cc2)n[nH]1. The van der Waals surface area contributed by atoms with E-state index in [4.69, 9.17) is 0 Å². The maximum Gasteiger partial charge on any atom is 0.256 e. The van der Waals surface area contributed by atoms with Crippen LogP contribution >= 0.6 is 0 Å². The minimum atomic E-state index is -1.05. The first kappa shape index (κ1) is 16.4. The van der Waals surface area contributed by atoms with Gasteiger partial charge in [-0.1, -0.05) is 27.7 Å². The van der Waals surface area contributed by atoms with E-state index in [0.717, 1.165) is 10.6 Å². The molecule has 0 saturated carbocycles. The highest BCUT2D eigenvalue weighted by Crippen LogP contribution is 2.16. The van der Waals surface area contributed by atoms with Crippen molar-refractivity contribution in [2.75, 3.05) is 5.32 Å². The smallest absolute Gasteiger partial charge is 0.256 e. The Labute approximate surface area is 133 Å². The number of aromatic nitrogens is 2. The molecule has 0 aliphatic rings. The van der Waals surface area contributed by atoms with Crippen LogP contribution in [0.1, 0.15) is 49.7 Å². The third-order valence-corrected chi connectivity index (χ3v) is 4.83. The molecule has 1 aromatic carbocycles. The monoisotopic (exact) mass is 319 g/mol. The second-order valence-electron chi connectivity index (χ2n) is 5.69. The second-order valence-corrected chi connectivity index (χ2v) is 7.70. The Morgan fingerprint density at radius 2 is 1.82 bits per heavy atom. The highest BCUT2D eigenvalue weighted by atomic mass is 32.2. The van der Waals surface area contributed by atoms with E-state index >= 15 is 0 Å². The standard InChI is InChI=1S/C16H21N3O2S/c1-10(2)14-9-15(19-18-14)17-16(20)12-5-7-13(8-6-12)22(21)11(3)4/h5-11H,1-4H3,(H2,17,18,19,20)/t22-/m0/s1. The van der Waals surface area contributed by atoms with Crippen LogP contribution in [0.5, 0.6) is 0 Å². The van der Waals surface area contributed by atoms with Crippen molar-refractivity contribution in [3.63, 3.8) is 0 Å². The van der Waals surface area contributed by atoms with Crippen molar-refractivity contribution in [3.8, 4) is 0 Å². The lowest BCUT2D eigenvalue weighted by atomic mass is 10.1. The van der Waals surface area contributed by atoms with E-state index < -0.39 is 10.8 Å². The fourth-order valence-corrected chi connectivity index (χ4v) is 2.85. The molecule has 0 bridgehead atoms. The predicted octanol–water partition coefficient (Wildman–Crippen LogP) is 3.30. The molecular formula is C16H21N3O2S. The van der Waals surface area contributed by atoms with Crippen LogP contribution in [-0.4, -0.2) is 25.6 Å². The fourth-order valence-electron chi connectivity index (χ4n) is 1.90. The molecule has 0 unspecified atom stereocenters. The van der Waals surface area contributed by atoms with Crippen molar-refractivity contribution in [3.05, 3.63) is 41.6 Å². The number of rotatable bonds is 5. The maximum atomic E-state index is 12.2. The number of carbonyl (C=O) groups excluding carboxylic acids is 1. The maximum absolute atomic E-state index is 12.2. The molecule has 1 aromatic heterocycles. The minimum Gasteiger partial charge on any atom is -0.305 e. The van der Waals surface area contributed by atoms with Gasteiger partial charge in [0.1, 0.15) is 0 Å². The molecule has 0 radical (unpaired) electrons. The van der Waals surface area contributed by atoms with Crippen LogP contribution in [0.2, 0.25) is 0 Å². The van der Waals surface area contributed by atoms with E-state index in [1.54, 1.807) is 24.3 Å². The van der Waals surface area contributed by atoms with Crippen molar-refractivity contribution < 1.29 is 9.00 Å². The van der Waals surface area contributed by atoms with Crippen molar-refractivity contribution >= 4 is 22.5 Å². The zero-order valence-corrected chi connectivity index (χ0v) is 14.0. The van der Waals surface area contributed by atoms with Gasteiger partial charge in [0.15, 0.2) is 5.82 Å². The van der Waals surface area contributed by atoms with E-state index in [0.29, 0.717) is 17.3 Å². The number of nitrogens with one attached hydrogen (secondary N) is 2. The molecule has 118 valence electrons. The Hall–Kier alpha value is -1.95. The fraction of sp³-hybridized carbons (Fsp3) is 0.375. The van der Waals surface area contributed by atoms with Crippen LogP contribution in [-0.2, 0) is 10.8 Å². The normalized spacial score (nSPS) is 12.6. The van der Waals surface area contributed by atoms with Crippen molar-refractivity contribution in [2.24, 2.45) is 0 Å². The van der Waals surface area contributed by atoms with Gasteiger partial charge in [-0.2, -0.15) is 5.10 Å². The van der Waals surface area contributed by atoms with E-state index in [9.17, 15) is 9.00 Å². The molecule has 6 heteroatoms. The number of amides is 1. The Morgan fingerprint density at radius 3 is 2.32 bits per heavy atom. The molecule has 0 spiro atoms. The topological polar surface area (TPSA) is 74.8 Å². The Balaban J connectivity index is 2.07. The number of carbonyl (C=O) groups is 1. The molecule has 5 nitrogen and oxygen atoms in total. The van der Waals surface area contributed by atoms with Gasteiger partial charge in [0, 0.05) is 27.5 Å². The van der Waals surface area contributed by atoms with E-state index in [1.165, 1.54) is 0 Å². The first-order chi connectivity index (χ1) is 10.4. The molecule has 2 N–H and O–H groups in total. The van der Waals surface area contributed by atoms with Gasteiger partial charge in [-0.3, -0.25) is 14.1 Å². The van der Waals surface area contributed by atoms with Gasteiger partial charge in [0.2, 0.25) is 0 Å². The number of anilines is 1. The average molecular weight is 319 g/mol. The van der Waals surface area contributed by atoms with Crippen LogP contribution in [0, 0.1) is 0 Å². The van der Waals surface area contributed by atoms with Gasteiger partial charge >= 0.3 is 0 Å². The zero-order valence-electron chi connectivity index (χ0n) is 13.2. The summed E-state index contributed by atoms with van der Waals surface area (Å²) in [7, 11) is -1.05. The molecule has 0 fully saturated rings. The summed E-state index contributed by atoms with van der Waals surface area (Å²) in [5.74, 6) is 0.593. The third-order valence-electron chi connectivity index (χ3n) is 3.24. The molecule has 1 amide bonds. The predicted molar refractivity (Wildman–Crippen MR) is 88.6 cm³/mol. The molecule has 0 saturated heterocycles. The number of benzene rings is 1. The molecule has 0 aliphatic heterocycles. The van der Waals surface area contributed by atoms with Gasteiger partial charge in [0.05, 0.1) is 10.8 Å². The van der Waals surface area contributed by atoms with Gasteiger partial charge in [-0.25, -0.2) is 0 Å². The lowest BCUT2D eigenvalue weighted by Crippen LogP contribution is -2.12. The molecule has 2 rings (SSSR count). The van der Waals surface area contributed by atoms with E-state index in [-0.39, 0.29) is 11.2 Å². The Kier molecular flexibility index (Phi) is 5.13. The Morgan fingerprint density at radius 1 is 1.18 bits per heavy atom. The molecule has 1 atom stereocenters. The van der Waals surface area contributed by atoms with Gasteiger partial charge in [0.25, 0.3) is 5.91 Å². The minimum absolute atomic E-state index is 0.0539. The van der Waals surface area contributed by atoms with Crippen LogP contribution in [0.25, 0.3) is 0 Å². The van der Waals surface area contributed by atoms with Gasteiger partial charge in [-0.15, -0.1) is 0 Å². The van der Waals surface area contributed by atoms with Crippen LogP contribution < -0.4 is 5.32 Å². The molecule has 2 aromatic rings. The van der Waals surface area contributed by atoms with Gasteiger partial charge < -0.3 is 5.32 Å². The quantitative estimate of drug-likeness (QED) is 0.888. The summed E-state index contributed by atoms with van der Waals surface area (Å²) in [5.41, 5.74) is 1.48. The number of aromatic amines is 1. The van der Waals surface area contributed by atoms with E-state index in [1.807, 2.05) is 33.8 Å². The number of nitrogens with zero attached hydrogens (tertiary/aromatic N) is 1. The summed E-state index contributed by atoms with van der Waals surface area (Å²) in [6, 6.07) is 8.65. The molecular weight excluding hydrogens is 298 g/mol. The van der Waals surface area contributed by atoms with Crippen LogP contribution in [0.4, 0.5) is 5.82 Å². The highest BCUT2D eigenvalue weighted by Gasteiger charge is 2.12. The molecule has 0 aliphatic carbocycles. The summed E-state index contributed by atoms with van der Waals surface area (Å²) in [5, 5.41) is 9.76. The first-order valence-corrected chi connectivity index (χ1v) is 8.47. The van der Waals surface area contributed by atoms with Crippen LogP contribution in [0.3, 0.4) is 0 Å². The highest BCUT2D eigenvalue weighted by molar-refractivity contribution is 7.85. The van der Waals surface area contributed by atoms with Crippen molar-refractivity contribution in [1.29, 1.82) is 0 Å². The number of H-pyrrole nitrogens is 1. The van der Waals surface area contributed by atoms with Gasteiger partial charge in [-0.05, 0) is 30.2 Å². The third kappa shape index (κ3) is 3.82. The summed E-state index contributed by atoms with van der Waals surface area (Å²) in [6.07, 6.45) is 0. The summed E-state index contributed by atoms with van der Waals surface area (Å²) < 4.78 is 12.0. The first-order valence-electron chi connectivity index (χ1n) is 7.25. The number of hydrogen-bond acceptors (Lipinski definition) is 3. The summed E-state index contributed by atoms with van der Waals surface area (Å²) in [6.45, 7) is 7.90. The Bertz CT molecular complexity index is 675. The summed E-state index contributed by atoms with van der Waals surface area (Å²) in [4.78, 5) is 12.9. The van der Waals surface area contributed by atoms with E-state index in [2.05, 4.69) is 15.5 Å². The van der Waals surface area contributed by atoms with Crippen molar-refractivity contribution in [1.82, 2.24) is 10.2 Å². The second kappa shape index (κ2) is 6.87. The average Bonchev–Trinajstić information content (AvgIpc) is 2.95. The zero-order chi connectivity index (χ0) is 16.3. The van der Waals surface area contributed by atoms with Crippen molar-refractivity contribution in [2.45, 2.75) is 43.8 Å². The number of hydrogen-bond donors (Lipinski definition) is 2. The molecule has 1 heterocycles. The van der Waals surface area contributed by atoms with Crippen LogP contribution in [0.15, 0.2) is 35.2 Å². The molecule has 22 heavy (non-hydrogen) atoms. The lowest BCUT2D eigenvalue weighted by molar-refractivity contribution is 0.102. The summed E-state index contributed by atoms with van der Waals surface area (Å²) >= 11 is 0.